The molecule has 0 unspecified atom stereocenters. The summed E-state index contributed by atoms with van der Waals surface area (Å²) in [5.74, 6) is -0.0230. The maximum atomic E-state index is 10.9. The van der Waals surface area contributed by atoms with Gasteiger partial charge in [0.15, 0.2) is 0 Å². The normalized spacial score (nSPS) is 9.36. The Morgan fingerprint density at radius 2 is 1.32 bits per heavy atom. The highest BCUT2D eigenvalue weighted by molar-refractivity contribution is 5.67. The Morgan fingerprint density at radius 1 is 0.840 bits per heavy atom. The maximum Gasteiger partial charge on any atom is 0.407 e. The van der Waals surface area contributed by atoms with E-state index in [0.29, 0.717) is 19.7 Å². The van der Waals surface area contributed by atoms with Gasteiger partial charge in [-0.05, 0) is 20.3 Å². The second-order valence-corrected chi connectivity index (χ2v) is 5.10. The van der Waals surface area contributed by atoms with E-state index in [1.165, 1.54) is 0 Å². The number of amides is 3. The van der Waals surface area contributed by atoms with Crippen molar-refractivity contribution < 1.29 is 28.6 Å². The molecule has 0 saturated carbocycles. The molecule has 0 saturated heterocycles. The molecule has 0 spiro atoms. The van der Waals surface area contributed by atoms with Crippen LogP contribution in [0, 0.1) is 5.92 Å². The summed E-state index contributed by atoms with van der Waals surface area (Å²) in [7, 11) is 1.55. The zero-order valence-corrected chi connectivity index (χ0v) is 16.0. The number of rotatable bonds is 9. The summed E-state index contributed by atoms with van der Waals surface area (Å²) in [4.78, 5) is 32.2. The Morgan fingerprint density at radius 3 is 1.68 bits per heavy atom. The fourth-order valence-corrected chi connectivity index (χ4v) is 1.26. The molecular weight excluding hydrogens is 330 g/mol. The molecule has 3 amide bonds. The van der Waals surface area contributed by atoms with Gasteiger partial charge in [0.25, 0.3) is 0 Å². The van der Waals surface area contributed by atoms with Gasteiger partial charge in [0.05, 0.1) is 19.8 Å². The van der Waals surface area contributed by atoms with E-state index >= 15 is 0 Å². The molecule has 0 rings (SSSR count). The molecule has 3 N–H and O–H groups in total. The van der Waals surface area contributed by atoms with Gasteiger partial charge in [0.2, 0.25) is 0 Å². The zero-order valence-electron chi connectivity index (χ0n) is 16.0. The van der Waals surface area contributed by atoms with Gasteiger partial charge in [-0.2, -0.15) is 0 Å². The molecule has 0 radical (unpaired) electrons. The molecule has 0 aliphatic heterocycles. The molecular formula is C16H33N3O6. The zero-order chi connectivity index (χ0) is 19.5. The van der Waals surface area contributed by atoms with Crippen molar-refractivity contribution in [3.05, 3.63) is 0 Å². The minimum Gasteiger partial charge on any atom is -0.450 e. The molecule has 9 heteroatoms. The number of nitrogens with one attached hydrogen (secondary N) is 3. The topological polar surface area (TPSA) is 115 Å². The second-order valence-electron chi connectivity index (χ2n) is 5.10. The van der Waals surface area contributed by atoms with Crippen LogP contribution in [0.3, 0.4) is 0 Å². The predicted octanol–water partition coefficient (Wildman–Crippen LogP) is 2.26. The average molecular weight is 363 g/mol. The predicted molar refractivity (Wildman–Crippen MR) is 94.5 cm³/mol. The van der Waals surface area contributed by atoms with Crippen molar-refractivity contribution >= 4 is 18.3 Å². The lowest BCUT2D eigenvalue weighted by molar-refractivity contribution is 0.0918. The third kappa shape index (κ3) is 19.8. The molecule has 0 fully saturated rings. The van der Waals surface area contributed by atoms with E-state index in [2.05, 4.69) is 20.7 Å². The quantitative estimate of drug-likeness (QED) is 0.427. The van der Waals surface area contributed by atoms with Crippen LogP contribution >= 0.6 is 0 Å². The molecule has 0 aromatic rings. The first kappa shape index (κ1) is 25.1. The van der Waals surface area contributed by atoms with Crippen molar-refractivity contribution in [3.8, 4) is 0 Å². The highest BCUT2D eigenvalue weighted by Crippen LogP contribution is 1.97. The Balaban J connectivity index is 0. The molecule has 0 aliphatic carbocycles. The number of alkyl carbamates (subject to hydrolysis) is 3. The summed E-state index contributed by atoms with van der Waals surface area (Å²) in [5.41, 5.74) is 0. The lowest BCUT2D eigenvalue weighted by Crippen LogP contribution is -2.29. The smallest absolute Gasteiger partial charge is 0.407 e. The van der Waals surface area contributed by atoms with E-state index in [0.717, 1.165) is 12.8 Å². The Kier molecular flexibility index (Phi) is 18.2. The summed E-state index contributed by atoms with van der Waals surface area (Å²) < 4.78 is 14.4. The number of hydrogen-bond acceptors (Lipinski definition) is 6. The van der Waals surface area contributed by atoms with Crippen LogP contribution < -0.4 is 16.0 Å². The fourth-order valence-electron chi connectivity index (χ4n) is 1.26. The summed E-state index contributed by atoms with van der Waals surface area (Å²) >= 11 is 0. The first-order valence-electron chi connectivity index (χ1n) is 8.56. The molecule has 0 aromatic heterocycles. The summed E-state index contributed by atoms with van der Waals surface area (Å²) in [6.07, 6.45) is 0.743. The SMILES string of the molecule is CCCCOC(=O)NC.CCNC(=O)OCC(C)COC(=O)NCC. The van der Waals surface area contributed by atoms with Gasteiger partial charge >= 0.3 is 18.3 Å². The Labute approximate surface area is 150 Å². The van der Waals surface area contributed by atoms with Crippen molar-refractivity contribution in [3.63, 3.8) is 0 Å². The van der Waals surface area contributed by atoms with E-state index in [4.69, 9.17) is 9.47 Å². The van der Waals surface area contributed by atoms with Crippen molar-refractivity contribution in [1.29, 1.82) is 0 Å². The number of unbranched alkanes of at least 4 members (excludes halogenated alkanes) is 1. The first-order valence-corrected chi connectivity index (χ1v) is 8.56. The number of carbonyl (C=O) groups is 3. The molecule has 0 aromatic carbocycles. The molecule has 0 bridgehead atoms. The van der Waals surface area contributed by atoms with E-state index in [9.17, 15) is 14.4 Å². The molecule has 9 nitrogen and oxygen atoms in total. The number of ether oxygens (including phenoxy) is 3. The molecule has 0 atom stereocenters. The molecule has 25 heavy (non-hydrogen) atoms. The Hall–Kier alpha value is -2.19. The van der Waals surface area contributed by atoms with Gasteiger partial charge in [-0.1, -0.05) is 20.3 Å². The summed E-state index contributed by atoms with van der Waals surface area (Å²) in [6, 6.07) is 0. The van der Waals surface area contributed by atoms with Crippen LogP contribution in [0.2, 0.25) is 0 Å². The van der Waals surface area contributed by atoms with Crippen LogP contribution in [-0.2, 0) is 14.2 Å². The summed E-state index contributed by atoms with van der Waals surface area (Å²) in [5, 5.41) is 7.37. The minimum absolute atomic E-state index is 0.0230. The van der Waals surface area contributed by atoms with Crippen molar-refractivity contribution in [2.75, 3.05) is 40.0 Å². The van der Waals surface area contributed by atoms with Gasteiger partial charge < -0.3 is 30.2 Å². The lowest BCUT2D eigenvalue weighted by Gasteiger charge is -2.12. The van der Waals surface area contributed by atoms with Crippen LogP contribution in [0.25, 0.3) is 0 Å². The summed E-state index contributed by atoms with van der Waals surface area (Å²) in [6.45, 7) is 9.54. The lowest BCUT2D eigenvalue weighted by atomic mass is 10.2. The molecule has 0 heterocycles. The van der Waals surface area contributed by atoms with Crippen LogP contribution in [0.4, 0.5) is 14.4 Å². The first-order chi connectivity index (χ1) is 11.9. The van der Waals surface area contributed by atoms with Gasteiger partial charge in [0.1, 0.15) is 0 Å². The monoisotopic (exact) mass is 363 g/mol. The highest BCUT2D eigenvalue weighted by Gasteiger charge is 2.09. The second kappa shape index (κ2) is 18.2. The van der Waals surface area contributed by atoms with Crippen molar-refractivity contribution in [1.82, 2.24) is 16.0 Å². The van der Waals surface area contributed by atoms with E-state index in [1.807, 2.05) is 27.7 Å². The largest absolute Gasteiger partial charge is 0.450 e. The Bertz CT molecular complexity index is 344. The van der Waals surface area contributed by atoms with Crippen molar-refractivity contribution in [2.45, 2.75) is 40.5 Å². The highest BCUT2D eigenvalue weighted by atomic mass is 16.6. The van der Waals surface area contributed by atoms with Gasteiger partial charge in [-0.15, -0.1) is 0 Å². The van der Waals surface area contributed by atoms with E-state index in [1.54, 1.807) is 7.05 Å². The van der Waals surface area contributed by atoms with Crippen LogP contribution in [0.1, 0.15) is 40.5 Å². The maximum absolute atomic E-state index is 10.9. The average Bonchev–Trinajstić information content (AvgIpc) is 2.59. The fraction of sp³-hybridized carbons (Fsp3) is 0.812. The third-order valence-electron chi connectivity index (χ3n) is 2.58. The minimum atomic E-state index is -0.452. The van der Waals surface area contributed by atoms with E-state index in [-0.39, 0.29) is 25.2 Å². The third-order valence-corrected chi connectivity index (χ3v) is 2.58. The van der Waals surface area contributed by atoms with Crippen LogP contribution in [0.5, 0.6) is 0 Å². The van der Waals surface area contributed by atoms with Crippen LogP contribution in [-0.4, -0.2) is 58.2 Å². The molecule has 0 aliphatic rings. The number of hydrogen-bond donors (Lipinski definition) is 3. The van der Waals surface area contributed by atoms with Crippen LogP contribution in [0.15, 0.2) is 0 Å². The van der Waals surface area contributed by atoms with Gasteiger partial charge in [-0.3, -0.25) is 0 Å². The van der Waals surface area contributed by atoms with Gasteiger partial charge in [-0.25, -0.2) is 14.4 Å². The molecule has 148 valence electrons. The number of carbonyl (C=O) groups excluding carboxylic acids is 3. The standard InChI is InChI=1S/C10H20N2O4.C6H13NO2/c1-4-11-9(13)15-6-8(3)7-16-10(14)12-5-2;1-3-4-5-9-6(8)7-2/h8H,4-7H2,1-3H3,(H,11,13)(H,12,14);3-5H2,1-2H3,(H,7,8). The van der Waals surface area contributed by atoms with Gasteiger partial charge in [0, 0.05) is 26.1 Å². The van der Waals surface area contributed by atoms with E-state index < -0.39 is 12.2 Å². The van der Waals surface area contributed by atoms with Crippen molar-refractivity contribution in [2.24, 2.45) is 5.92 Å².